The Morgan fingerprint density at radius 3 is 2.45 bits per heavy atom. The van der Waals surface area contributed by atoms with Crippen molar-refractivity contribution < 1.29 is 4.79 Å². The van der Waals surface area contributed by atoms with Gasteiger partial charge in [-0.25, -0.2) is 0 Å². The molecule has 1 aliphatic rings. The third kappa shape index (κ3) is 3.73. The number of nitrogens with one attached hydrogen (secondary N) is 1. The van der Waals surface area contributed by atoms with Gasteiger partial charge in [-0.1, -0.05) is 13.0 Å². The maximum Gasteiger partial charge on any atom is 0.241 e. The van der Waals surface area contributed by atoms with E-state index in [0.717, 1.165) is 38.4 Å². The largest absolute Gasteiger partial charge is 0.376 e. The maximum absolute atomic E-state index is 12.2. The van der Waals surface area contributed by atoms with Crippen LogP contribution in [0.2, 0.25) is 0 Å². The first-order chi connectivity index (χ1) is 9.60. The van der Waals surface area contributed by atoms with E-state index in [0.29, 0.717) is 6.54 Å². The lowest BCUT2D eigenvalue weighted by atomic mass is 10.1. The maximum atomic E-state index is 12.2. The van der Waals surface area contributed by atoms with Crippen molar-refractivity contribution in [2.45, 2.75) is 20.8 Å². The van der Waals surface area contributed by atoms with Gasteiger partial charge in [-0.3, -0.25) is 4.79 Å². The molecule has 0 saturated carbocycles. The van der Waals surface area contributed by atoms with E-state index in [1.165, 1.54) is 11.1 Å². The SMILES string of the molecule is CCN1CCN(C(=O)CNc2ccc(C)c(C)c2)CC1. The molecule has 0 bridgehead atoms. The van der Waals surface area contributed by atoms with Gasteiger partial charge in [0.05, 0.1) is 6.54 Å². The van der Waals surface area contributed by atoms with Crippen molar-refractivity contribution >= 4 is 11.6 Å². The van der Waals surface area contributed by atoms with Crippen molar-refractivity contribution in [1.29, 1.82) is 0 Å². The Morgan fingerprint density at radius 1 is 1.15 bits per heavy atom. The first kappa shape index (κ1) is 14.9. The van der Waals surface area contributed by atoms with Gasteiger partial charge >= 0.3 is 0 Å². The fraction of sp³-hybridized carbons (Fsp3) is 0.562. The van der Waals surface area contributed by atoms with Crippen molar-refractivity contribution in [2.24, 2.45) is 0 Å². The number of hydrogen-bond donors (Lipinski definition) is 1. The summed E-state index contributed by atoms with van der Waals surface area (Å²) in [6.07, 6.45) is 0. The van der Waals surface area contributed by atoms with Crippen molar-refractivity contribution in [3.8, 4) is 0 Å². The molecule has 0 radical (unpaired) electrons. The summed E-state index contributed by atoms with van der Waals surface area (Å²) in [7, 11) is 0. The topological polar surface area (TPSA) is 35.6 Å². The molecule has 1 aliphatic heterocycles. The van der Waals surface area contributed by atoms with E-state index in [4.69, 9.17) is 0 Å². The number of anilines is 1. The fourth-order valence-electron chi connectivity index (χ4n) is 2.45. The summed E-state index contributed by atoms with van der Waals surface area (Å²) < 4.78 is 0. The Bertz CT molecular complexity index is 465. The average Bonchev–Trinajstić information content (AvgIpc) is 2.48. The number of hydrogen-bond acceptors (Lipinski definition) is 3. The van der Waals surface area contributed by atoms with Gasteiger partial charge in [-0.05, 0) is 43.7 Å². The molecule has 0 spiro atoms. The Hall–Kier alpha value is -1.55. The summed E-state index contributed by atoms with van der Waals surface area (Å²) in [5, 5.41) is 3.23. The number of nitrogens with zero attached hydrogens (tertiary/aromatic N) is 2. The lowest BCUT2D eigenvalue weighted by Gasteiger charge is -2.34. The lowest BCUT2D eigenvalue weighted by molar-refractivity contribution is -0.131. The number of likely N-dealkylation sites (N-methyl/N-ethyl adjacent to an activating group) is 1. The zero-order valence-electron chi connectivity index (χ0n) is 12.8. The number of piperazine rings is 1. The van der Waals surface area contributed by atoms with Gasteiger partial charge in [-0.2, -0.15) is 0 Å². The molecule has 4 nitrogen and oxygen atoms in total. The quantitative estimate of drug-likeness (QED) is 0.911. The molecule has 4 heteroatoms. The highest BCUT2D eigenvalue weighted by Gasteiger charge is 2.19. The fourth-order valence-corrected chi connectivity index (χ4v) is 2.45. The number of aryl methyl sites for hydroxylation is 2. The Kier molecular flexibility index (Phi) is 5.01. The van der Waals surface area contributed by atoms with E-state index < -0.39 is 0 Å². The van der Waals surface area contributed by atoms with Crippen LogP contribution in [0.5, 0.6) is 0 Å². The average molecular weight is 275 g/mol. The third-order valence-corrected chi connectivity index (χ3v) is 4.12. The van der Waals surface area contributed by atoms with E-state index in [2.05, 4.69) is 43.1 Å². The van der Waals surface area contributed by atoms with Crippen LogP contribution in [0, 0.1) is 13.8 Å². The molecule has 0 atom stereocenters. The van der Waals surface area contributed by atoms with Crippen molar-refractivity contribution in [1.82, 2.24) is 9.80 Å². The van der Waals surface area contributed by atoms with Crippen LogP contribution in [0.1, 0.15) is 18.1 Å². The standard InChI is InChI=1S/C16H25N3O/c1-4-18-7-9-19(10-8-18)16(20)12-17-15-6-5-13(2)14(3)11-15/h5-6,11,17H,4,7-10,12H2,1-3H3. The Labute approximate surface area is 121 Å². The van der Waals surface area contributed by atoms with E-state index in [9.17, 15) is 4.79 Å². The highest BCUT2D eigenvalue weighted by atomic mass is 16.2. The molecule has 110 valence electrons. The van der Waals surface area contributed by atoms with Gasteiger partial charge < -0.3 is 15.1 Å². The monoisotopic (exact) mass is 275 g/mol. The molecule has 1 saturated heterocycles. The first-order valence-corrected chi connectivity index (χ1v) is 7.41. The molecule has 1 aromatic rings. The van der Waals surface area contributed by atoms with Crippen molar-refractivity contribution in [3.63, 3.8) is 0 Å². The van der Waals surface area contributed by atoms with Gasteiger partial charge in [0.15, 0.2) is 0 Å². The molecule has 1 aromatic carbocycles. The summed E-state index contributed by atoms with van der Waals surface area (Å²) in [4.78, 5) is 16.5. The van der Waals surface area contributed by atoms with E-state index >= 15 is 0 Å². The van der Waals surface area contributed by atoms with E-state index in [1.54, 1.807) is 0 Å². The van der Waals surface area contributed by atoms with E-state index in [1.807, 2.05) is 11.0 Å². The van der Waals surface area contributed by atoms with Crippen molar-refractivity contribution in [2.75, 3.05) is 44.6 Å². The number of benzene rings is 1. The second-order valence-corrected chi connectivity index (χ2v) is 5.47. The number of carbonyl (C=O) groups is 1. The minimum absolute atomic E-state index is 0.194. The van der Waals surface area contributed by atoms with Crippen LogP contribution in [0.15, 0.2) is 18.2 Å². The second-order valence-electron chi connectivity index (χ2n) is 5.47. The summed E-state index contributed by atoms with van der Waals surface area (Å²) in [6.45, 7) is 11.5. The molecule has 1 heterocycles. The number of rotatable bonds is 4. The molecule has 1 fully saturated rings. The third-order valence-electron chi connectivity index (χ3n) is 4.12. The van der Waals surface area contributed by atoms with Crippen LogP contribution in [-0.4, -0.2) is 55.0 Å². The normalized spacial score (nSPS) is 16.2. The zero-order valence-corrected chi connectivity index (χ0v) is 12.8. The molecule has 0 unspecified atom stereocenters. The van der Waals surface area contributed by atoms with E-state index in [-0.39, 0.29) is 5.91 Å². The van der Waals surface area contributed by atoms with Gasteiger partial charge in [-0.15, -0.1) is 0 Å². The van der Waals surface area contributed by atoms with Gasteiger partial charge in [0, 0.05) is 31.9 Å². The summed E-state index contributed by atoms with van der Waals surface area (Å²) in [5.41, 5.74) is 3.55. The molecule has 20 heavy (non-hydrogen) atoms. The molecule has 2 rings (SSSR count). The predicted molar refractivity (Wildman–Crippen MR) is 83.1 cm³/mol. The number of amides is 1. The van der Waals surface area contributed by atoms with Crippen LogP contribution in [0.4, 0.5) is 5.69 Å². The van der Waals surface area contributed by atoms with Gasteiger partial charge in [0.2, 0.25) is 5.91 Å². The number of carbonyl (C=O) groups excluding carboxylic acids is 1. The first-order valence-electron chi connectivity index (χ1n) is 7.41. The van der Waals surface area contributed by atoms with Crippen molar-refractivity contribution in [3.05, 3.63) is 29.3 Å². The Balaban J connectivity index is 1.81. The van der Waals surface area contributed by atoms with Gasteiger partial charge in [0.1, 0.15) is 0 Å². The smallest absolute Gasteiger partial charge is 0.241 e. The summed E-state index contributed by atoms with van der Waals surface area (Å²) in [5.74, 6) is 0.194. The zero-order chi connectivity index (χ0) is 14.5. The molecule has 0 aliphatic carbocycles. The molecule has 1 N–H and O–H groups in total. The van der Waals surface area contributed by atoms with Crippen LogP contribution in [0.25, 0.3) is 0 Å². The van der Waals surface area contributed by atoms with Crippen LogP contribution >= 0.6 is 0 Å². The molecule has 1 amide bonds. The predicted octanol–water partition coefficient (Wildman–Crippen LogP) is 1.88. The minimum Gasteiger partial charge on any atom is -0.376 e. The molecular weight excluding hydrogens is 250 g/mol. The highest BCUT2D eigenvalue weighted by Crippen LogP contribution is 2.14. The lowest BCUT2D eigenvalue weighted by Crippen LogP contribution is -2.49. The van der Waals surface area contributed by atoms with Crippen LogP contribution in [-0.2, 0) is 4.79 Å². The molecule has 0 aromatic heterocycles. The van der Waals surface area contributed by atoms with Gasteiger partial charge in [0.25, 0.3) is 0 Å². The summed E-state index contributed by atoms with van der Waals surface area (Å²) >= 11 is 0. The van der Waals surface area contributed by atoms with Crippen LogP contribution in [0.3, 0.4) is 0 Å². The highest BCUT2D eigenvalue weighted by molar-refractivity contribution is 5.81. The Morgan fingerprint density at radius 2 is 1.85 bits per heavy atom. The summed E-state index contributed by atoms with van der Waals surface area (Å²) in [6, 6.07) is 6.21. The van der Waals surface area contributed by atoms with Crippen LogP contribution < -0.4 is 5.32 Å². The second kappa shape index (κ2) is 6.75. The minimum atomic E-state index is 0.194. The molecular formula is C16H25N3O.